The van der Waals surface area contributed by atoms with E-state index in [1.807, 2.05) is 0 Å². The van der Waals surface area contributed by atoms with Crippen LogP contribution in [-0.4, -0.2) is 41.7 Å². The van der Waals surface area contributed by atoms with Crippen LogP contribution in [0.25, 0.3) is 0 Å². The lowest BCUT2D eigenvalue weighted by Crippen LogP contribution is -2.42. The fourth-order valence-corrected chi connectivity index (χ4v) is 3.13. The standard InChI is InChI=1S/C14H14Cl2N6O2/c1-24-13(22-9-18-7-20-22)14(23,5-21-8-17-6-19-21)11-3-2-10(15)4-12(11)16/h2-4,6-9,13,23H,5H2,1H3/t13-,14-/m1/s1. The lowest BCUT2D eigenvalue weighted by Gasteiger charge is -2.35. The molecule has 10 heteroatoms. The molecular weight excluding hydrogens is 355 g/mol. The van der Waals surface area contributed by atoms with Gasteiger partial charge < -0.3 is 9.84 Å². The zero-order valence-corrected chi connectivity index (χ0v) is 14.1. The number of benzene rings is 1. The fraction of sp³-hybridized carbons (Fsp3) is 0.286. The molecule has 0 unspecified atom stereocenters. The van der Waals surface area contributed by atoms with E-state index in [1.165, 1.54) is 41.8 Å². The van der Waals surface area contributed by atoms with E-state index in [1.54, 1.807) is 18.2 Å². The Hall–Kier alpha value is -2.00. The Kier molecular flexibility index (Phi) is 4.81. The van der Waals surface area contributed by atoms with Crippen molar-refractivity contribution in [2.75, 3.05) is 7.11 Å². The molecule has 0 aliphatic rings. The van der Waals surface area contributed by atoms with E-state index in [4.69, 9.17) is 27.9 Å². The molecule has 0 aliphatic carbocycles. The van der Waals surface area contributed by atoms with Crippen LogP contribution in [0.1, 0.15) is 11.8 Å². The summed E-state index contributed by atoms with van der Waals surface area (Å²) in [6.45, 7) is 0.0344. The molecule has 2 aromatic heterocycles. The summed E-state index contributed by atoms with van der Waals surface area (Å²) in [6.07, 6.45) is 4.77. The topological polar surface area (TPSA) is 90.9 Å². The molecule has 0 bridgehead atoms. The van der Waals surface area contributed by atoms with Gasteiger partial charge in [-0.2, -0.15) is 10.2 Å². The zero-order chi connectivity index (χ0) is 17.2. The van der Waals surface area contributed by atoms with Crippen LogP contribution in [0.5, 0.6) is 0 Å². The summed E-state index contributed by atoms with van der Waals surface area (Å²) >= 11 is 12.3. The van der Waals surface area contributed by atoms with Gasteiger partial charge in [0.25, 0.3) is 0 Å². The van der Waals surface area contributed by atoms with Crippen molar-refractivity contribution < 1.29 is 9.84 Å². The first-order chi connectivity index (χ1) is 11.5. The second-order valence-corrected chi connectivity index (χ2v) is 5.95. The minimum atomic E-state index is -1.60. The predicted molar refractivity (Wildman–Crippen MR) is 86.4 cm³/mol. The van der Waals surface area contributed by atoms with Crippen molar-refractivity contribution in [2.24, 2.45) is 0 Å². The first-order valence-electron chi connectivity index (χ1n) is 6.92. The number of aromatic nitrogens is 6. The molecule has 126 valence electrons. The number of aliphatic hydroxyl groups is 1. The Labute approximate surface area is 147 Å². The van der Waals surface area contributed by atoms with E-state index in [2.05, 4.69) is 20.2 Å². The molecule has 2 atom stereocenters. The SMILES string of the molecule is CO[C@@H](n1cncn1)[C@@](O)(Cn1cncn1)c1ccc(Cl)cc1Cl. The summed E-state index contributed by atoms with van der Waals surface area (Å²) in [4.78, 5) is 7.80. The Morgan fingerprint density at radius 1 is 1.21 bits per heavy atom. The average Bonchev–Trinajstić information content (AvgIpc) is 3.21. The lowest BCUT2D eigenvalue weighted by molar-refractivity contribution is -0.153. The second kappa shape index (κ2) is 6.86. The van der Waals surface area contributed by atoms with Gasteiger partial charge in [-0.1, -0.05) is 29.3 Å². The molecule has 24 heavy (non-hydrogen) atoms. The van der Waals surface area contributed by atoms with Crippen molar-refractivity contribution in [1.29, 1.82) is 0 Å². The monoisotopic (exact) mass is 368 g/mol. The van der Waals surface area contributed by atoms with E-state index >= 15 is 0 Å². The fourth-order valence-electron chi connectivity index (χ4n) is 2.56. The van der Waals surface area contributed by atoms with Gasteiger partial charge in [0.1, 0.15) is 25.3 Å². The Morgan fingerprint density at radius 2 is 1.96 bits per heavy atom. The average molecular weight is 369 g/mol. The second-order valence-electron chi connectivity index (χ2n) is 5.11. The molecule has 1 aromatic carbocycles. The smallest absolute Gasteiger partial charge is 0.186 e. The van der Waals surface area contributed by atoms with Crippen LogP contribution in [0.15, 0.2) is 43.5 Å². The van der Waals surface area contributed by atoms with Gasteiger partial charge in [0.05, 0.1) is 6.54 Å². The number of ether oxygens (including phenoxy) is 1. The van der Waals surface area contributed by atoms with Gasteiger partial charge in [-0.05, 0) is 12.1 Å². The molecule has 0 aliphatic heterocycles. The number of methoxy groups -OCH3 is 1. The van der Waals surface area contributed by atoms with E-state index in [-0.39, 0.29) is 6.54 Å². The molecule has 0 amide bonds. The third-order valence-electron chi connectivity index (χ3n) is 3.58. The highest BCUT2D eigenvalue weighted by Gasteiger charge is 2.43. The normalized spacial score (nSPS) is 15.2. The van der Waals surface area contributed by atoms with Gasteiger partial charge in [-0.25, -0.2) is 19.3 Å². The molecule has 0 fully saturated rings. The highest BCUT2D eigenvalue weighted by Crippen LogP contribution is 2.39. The number of rotatable bonds is 6. The number of hydrogen-bond donors (Lipinski definition) is 1. The van der Waals surface area contributed by atoms with Gasteiger partial charge in [0.2, 0.25) is 0 Å². The zero-order valence-electron chi connectivity index (χ0n) is 12.6. The van der Waals surface area contributed by atoms with E-state index in [0.29, 0.717) is 15.6 Å². The van der Waals surface area contributed by atoms with Gasteiger partial charge >= 0.3 is 0 Å². The van der Waals surface area contributed by atoms with Crippen molar-refractivity contribution in [2.45, 2.75) is 18.4 Å². The number of hydrogen-bond acceptors (Lipinski definition) is 6. The minimum absolute atomic E-state index is 0.0344. The van der Waals surface area contributed by atoms with Crippen LogP contribution in [-0.2, 0) is 16.9 Å². The largest absolute Gasteiger partial charge is 0.378 e. The van der Waals surface area contributed by atoms with Crippen molar-refractivity contribution >= 4 is 23.2 Å². The molecule has 0 saturated carbocycles. The quantitative estimate of drug-likeness (QED) is 0.714. The van der Waals surface area contributed by atoms with Crippen LogP contribution in [0.4, 0.5) is 0 Å². The summed E-state index contributed by atoms with van der Waals surface area (Å²) in [5, 5.41) is 20.4. The molecule has 2 heterocycles. The van der Waals surface area contributed by atoms with Crippen LogP contribution >= 0.6 is 23.2 Å². The molecular formula is C14H14Cl2N6O2. The Morgan fingerprint density at radius 3 is 2.54 bits per heavy atom. The van der Waals surface area contributed by atoms with Crippen molar-refractivity contribution in [3.05, 3.63) is 59.1 Å². The maximum atomic E-state index is 11.5. The molecule has 3 rings (SSSR count). The Balaban J connectivity index is 2.12. The summed E-state index contributed by atoms with van der Waals surface area (Å²) in [7, 11) is 1.46. The first-order valence-corrected chi connectivity index (χ1v) is 7.67. The molecule has 0 saturated heterocycles. The van der Waals surface area contributed by atoms with Crippen LogP contribution in [0, 0.1) is 0 Å². The molecule has 8 nitrogen and oxygen atoms in total. The number of halogens is 2. The van der Waals surface area contributed by atoms with Gasteiger partial charge in [0.15, 0.2) is 11.8 Å². The van der Waals surface area contributed by atoms with E-state index in [9.17, 15) is 5.11 Å². The van der Waals surface area contributed by atoms with E-state index < -0.39 is 11.8 Å². The molecule has 0 spiro atoms. The van der Waals surface area contributed by atoms with Crippen LogP contribution in [0.3, 0.4) is 0 Å². The third-order valence-corrected chi connectivity index (χ3v) is 4.12. The predicted octanol–water partition coefficient (Wildman–Crippen LogP) is 1.91. The highest BCUT2D eigenvalue weighted by atomic mass is 35.5. The number of nitrogens with zero attached hydrogens (tertiary/aromatic N) is 6. The summed E-state index contributed by atoms with van der Waals surface area (Å²) < 4.78 is 8.39. The van der Waals surface area contributed by atoms with Crippen molar-refractivity contribution in [3.63, 3.8) is 0 Å². The highest BCUT2D eigenvalue weighted by molar-refractivity contribution is 6.35. The molecule has 0 radical (unpaired) electrons. The molecule has 3 aromatic rings. The summed E-state index contributed by atoms with van der Waals surface area (Å²) in [5.74, 6) is 0. The van der Waals surface area contributed by atoms with Gasteiger partial charge in [-0.15, -0.1) is 0 Å². The Bertz CT molecular complexity index is 796. The maximum Gasteiger partial charge on any atom is 0.186 e. The summed E-state index contributed by atoms with van der Waals surface area (Å²) in [5.41, 5.74) is -1.18. The lowest BCUT2D eigenvalue weighted by atomic mass is 9.91. The van der Waals surface area contributed by atoms with Gasteiger partial charge in [0, 0.05) is 22.7 Å². The molecule has 1 N–H and O–H groups in total. The van der Waals surface area contributed by atoms with Crippen LogP contribution < -0.4 is 0 Å². The maximum absolute atomic E-state index is 11.5. The van der Waals surface area contributed by atoms with E-state index in [0.717, 1.165) is 0 Å². The minimum Gasteiger partial charge on any atom is -0.378 e. The summed E-state index contributed by atoms with van der Waals surface area (Å²) in [6, 6.07) is 4.84. The van der Waals surface area contributed by atoms with Crippen molar-refractivity contribution in [3.8, 4) is 0 Å². The third kappa shape index (κ3) is 3.13. The first kappa shape index (κ1) is 16.8. The van der Waals surface area contributed by atoms with Crippen molar-refractivity contribution in [1.82, 2.24) is 29.5 Å². The van der Waals surface area contributed by atoms with Crippen LogP contribution in [0.2, 0.25) is 10.0 Å². The van der Waals surface area contributed by atoms with Gasteiger partial charge in [-0.3, -0.25) is 0 Å².